The lowest BCUT2D eigenvalue weighted by atomic mass is 10.4. The summed E-state index contributed by atoms with van der Waals surface area (Å²) in [6.45, 7) is -0.0298. The molecule has 0 aliphatic rings. The number of rotatable bonds is 3. The molecule has 3 aromatic rings. The van der Waals surface area contributed by atoms with Crippen LogP contribution < -0.4 is 0 Å². The van der Waals surface area contributed by atoms with Gasteiger partial charge < -0.3 is 8.98 Å². The summed E-state index contributed by atoms with van der Waals surface area (Å²) < 4.78 is 44.8. The van der Waals surface area contributed by atoms with Gasteiger partial charge in [-0.1, -0.05) is 11.6 Å². The molecule has 0 saturated carbocycles. The molecule has 3 aromatic heterocycles. The van der Waals surface area contributed by atoms with Crippen LogP contribution in [0.3, 0.4) is 0 Å². The quantitative estimate of drug-likeness (QED) is 0.738. The van der Waals surface area contributed by atoms with Gasteiger partial charge in [-0.3, -0.25) is 0 Å². The van der Waals surface area contributed by atoms with E-state index >= 15 is 0 Å². The van der Waals surface area contributed by atoms with E-state index in [1.165, 1.54) is 29.4 Å². The Kier molecular flexibility index (Phi) is 3.57. The maximum Gasteiger partial charge on any atom is 0.434 e. The highest BCUT2D eigenvalue weighted by Gasteiger charge is 2.35. The van der Waals surface area contributed by atoms with E-state index in [0.717, 1.165) is 6.20 Å². The number of imidazole rings is 1. The third kappa shape index (κ3) is 2.93. The van der Waals surface area contributed by atoms with Gasteiger partial charge in [0.15, 0.2) is 11.5 Å². The van der Waals surface area contributed by atoms with E-state index in [9.17, 15) is 13.2 Å². The Morgan fingerprint density at radius 1 is 1.18 bits per heavy atom. The summed E-state index contributed by atoms with van der Waals surface area (Å²) in [6, 6.07) is 0. The van der Waals surface area contributed by atoms with Crippen molar-refractivity contribution in [3.63, 3.8) is 0 Å². The topological polar surface area (TPSA) is 69.6 Å². The van der Waals surface area contributed by atoms with Crippen molar-refractivity contribution in [2.24, 2.45) is 0 Å². The number of alkyl halides is 3. The largest absolute Gasteiger partial charge is 0.442 e. The van der Waals surface area contributed by atoms with Crippen molar-refractivity contribution >= 4 is 11.6 Å². The molecular weight excluding hydrogens is 323 g/mol. The molecule has 3 rings (SSSR count). The summed E-state index contributed by atoms with van der Waals surface area (Å²) in [5, 5.41) is 0.332. The van der Waals surface area contributed by atoms with Gasteiger partial charge in [0.05, 0.1) is 17.8 Å². The third-order valence-corrected chi connectivity index (χ3v) is 2.87. The molecule has 0 aliphatic carbocycles. The van der Waals surface area contributed by atoms with Crippen LogP contribution in [0.2, 0.25) is 5.02 Å². The van der Waals surface area contributed by atoms with Crippen LogP contribution in [0.25, 0.3) is 11.7 Å². The minimum Gasteiger partial charge on any atom is -0.442 e. The fourth-order valence-corrected chi connectivity index (χ4v) is 1.85. The lowest BCUT2D eigenvalue weighted by Gasteiger charge is -2.04. The SMILES string of the molecule is FC(F)(F)c1cn(Cc2ncc(Cl)cn2)c(-c2ncco2)n1. The van der Waals surface area contributed by atoms with Crippen LogP contribution in [-0.4, -0.2) is 24.5 Å². The molecule has 10 heteroatoms. The smallest absolute Gasteiger partial charge is 0.434 e. The molecule has 22 heavy (non-hydrogen) atoms. The first-order valence-electron chi connectivity index (χ1n) is 5.94. The Bertz CT molecular complexity index is 767. The first kappa shape index (κ1) is 14.5. The van der Waals surface area contributed by atoms with Crippen LogP contribution in [0, 0.1) is 0 Å². The fraction of sp³-hybridized carbons (Fsp3) is 0.167. The lowest BCUT2D eigenvalue weighted by Crippen LogP contribution is -2.06. The second kappa shape index (κ2) is 5.41. The first-order valence-corrected chi connectivity index (χ1v) is 6.32. The van der Waals surface area contributed by atoms with Crippen LogP contribution in [0.4, 0.5) is 13.2 Å². The Hall–Kier alpha value is -2.42. The minimum atomic E-state index is -4.58. The van der Waals surface area contributed by atoms with Crippen molar-refractivity contribution in [2.75, 3.05) is 0 Å². The van der Waals surface area contributed by atoms with Gasteiger partial charge in [0.2, 0.25) is 0 Å². The van der Waals surface area contributed by atoms with Crippen molar-refractivity contribution < 1.29 is 17.6 Å². The van der Waals surface area contributed by atoms with E-state index in [2.05, 4.69) is 19.9 Å². The van der Waals surface area contributed by atoms with Crippen molar-refractivity contribution in [3.8, 4) is 11.7 Å². The molecule has 3 heterocycles. The molecule has 0 radical (unpaired) electrons. The Balaban J connectivity index is 2.01. The van der Waals surface area contributed by atoms with Crippen molar-refractivity contribution in [3.05, 3.63) is 47.6 Å². The number of hydrogen-bond donors (Lipinski definition) is 0. The monoisotopic (exact) mass is 329 g/mol. The molecule has 0 aromatic carbocycles. The maximum atomic E-state index is 12.8. The summed E-state index contributed by atoms with van der Waals surface area (Å²) in [4.78, 5) is 15.2. The average molecular weight is 330 g/mol. The molecule has 0 aliphatic heterocycles. The molecule has 0 amide bonds. The highest BCUT2D eigenvalue weighted by molar-refractivity contribution is 6.30. The van der Waals surface area contributed by atoms with Crippen LogP contribution in [0.15, 0.2) is 35.5 Å². The van der Waals surface area contributed by atoms with Crippen LogP contribution in [0.1, 0.15) is 11.5 Å². The van der Waals surface area contributed by atoms with E-state index in [1.54, 1.807) is 0 Å². The Labute approximate surface area is 126 Å². The molecule has 0 spiro atoms. The third-order valence-electron chi connectivity index (χ3n) is 2.68. The Morgan fingerprint density at radius 2 is 1.91 bits per heavy atom. The second-order valence-corrected chi connectivity index (χ2v) is 4.67. The molecule has 114 valence electrons. The zero-order valence-electron chi connectivity index (χ0n) is 10.8. The second-order valence-electron chi connectivity index (χ2n) is 4.23. The number of halogens is 4. The van der Waals surface area contributed by atoms with E-state index in [1.807, 2.05) is 0 Å². The van der Waals surface area contributed by atoms with Gasteiger partial charge in [-0.25, -0.2) is 19.9 Å². The van der Waals surface area contributed by atoms with Gasteiger partial charge in [-0.05, 0) is 0 Å². The summed E-state index contributed by atoms with van der Waals surface area (Å²) in [7, 11) is 0. The van der Waals surface area contributed by atoms with Gasteiger partial charge in [0.1, 0.15) is 12.1 Å². The molecule has 0 saturated heterocycles. The average Bonchev–Trinajstić information content (AvgIpc) is 3.09. The predicted octanol–water partition coefficient (Wildman–Crippen LogP) is 3.05. The zero-order valence-corrected chi connectivity index (χ0v) is 11.5. The van der Waals surface area contributed by atoms with E-state index < -0.39 is 11.9 Å². The van der Waals surface area contributed by atoms with Gasteiger partial charge >= 0.3 is 6.18 Å². The Morgan fingerprint density at radius 3 is 2.50 bits per heavy atom. The molecule has 0 fully saturated rings. The number of nitrogens with zero attached hydrogens (tertiary/aromatic N) is 5. The predicted molar refractivity (Wildman–Crippen MR) is 68.9 cm³/mol. The van der Waals surface area contributed by atoms with Crippen molar-refractivity contribution in [2.45, 2.75) is 12.7 Å². The van der Waals surface area contributed by atoms with Gasteiger partial charge in [0.25, 0.3) is 5.89 Å². The molecule has 0 N–H and O–H groups in total. The zero-order chi connectivity index (χ0) is 15.7. The first-order chi connectivity index (χ1) is 10.4. The lowest BCUT2D eigenvalue weighted by molar-refractivity contribution is -0.140. The van der Waals surface area contributed by atoms with Crippen LogP contribution >= 0.6 is 11.6 Å². The van der Waals surface area contributed by atoms with Gasteiger partial charge in [-0.2, -0.15) is 13.2 Å². The summed E-state index contributed by atoms with van der Waals surface area (Å²) in [5.74, 6) is 0.198. The summed E-state index contributed by atoms with van der Waals surface area (Å²) in [5.41, 5.74) is -1.05. The van der Waals surface area contributed by atoms with Gasteiger partial charge in [-0.15, -0.1) is 0 Å². The number of hydrogen-bond acceptors (Lipinski definition) is 5. The van der Waals surface area contributed by atoms with Crippen LogP contribution in [-0.2, 0) is 12.7 Å². The molecule has 0 bridgehead atoms. The highest BCUT2D eigenvalue weighted by Crippen LogP contribution is 2.30. The van der Waals surface area contributed by atoms with E-state index in [-0.39, 0.29) is 24.1 Å². The van der Waals surface area contributed by atoms with Crippen molar-refractivity contribution in [1.82, 2.24) is 24.5 Å². The number of aromatic nitrogens is 5. The molecule has 0 unspecified atom stereocenters. The standard InChI is InChI=1S/C12H7ClF3N5O/c13-7-3-18-9(19-4-7)6-21-5-8(12(14,15)16)20-10(21)11-17-1-2-22-11/h1-5H,6H2. The van der Waals surface area contributed by atoms with Gasteiger partial charge in [0, 0.05) is 18.6 Å². The van der Waals surface area contributed by atoms with Crippen molar-refractivity contribution in [1.29, 1.82) is 0 Å². The highest BCUT2D eigenvalue weighted by atomic mass is 35.5. The summed E-state index contributed by atoms with van der Waals surface area (Å²) in [6.07, 6.45) is 1.57. The molecule has 6 nitrogen and oxygen atoms in total. The number of oxazole rings is 1. The normalized spacial score (nSPS) is 11.8. The fourth-order valence-electron chi connectivity index (χ4n) is 1.75. The molecule has 0 atom stereocenters. The minimum absolute atomic E-state index is 0.0236. The van der Waals surface area contributed by atoms with E-state index in [0.29, 0.717) is 5.02 Å². The molecular formula is C12H7ClF3N5O. The maximum absolute atomic E-state index is 12.8. The van der Waals surface area contributed by atoms with E-state index in [4.69, 9.17) is 16.0 Å². The summed E-state index contributed by atoms with van der Waals surface area (Å²) >= 11 is 5.67. The van der Waals surface area contributed by atoms with Crippen LogP contribution in [0.5, 0.6) is 0 Å².